The Morgan fingerprint density at radius 2 is 2.00 bits per heavy atom. The average Bonchev–Trinajstić information content (AvgIpc) is 2.48. The second kappa shape index (κ2) is 7.41. The topological polar surface area (TPSA) is 61.4 Å². The fourth-order valence-corrected chi connectivity index (χ4v) is 2.69. The zero-order chi connectivity index (χ0) is 15.2. The lowest BCUT2D eigenvalue weighted by atomic mass is 9.87. The molecule has 2 rings (SSSR count). The molecule has 116 valence electrons. The zero-order valence-corrected chi connectivity index (χ0v) is 12.3. The summed E-state index contributed by atoms with van der Waals surface area (Å²) in [5.74, 6) is 0.266. The molecule has 0 spiro atoms. The molecule has 1 atom stereocenters. The zero-order valence-electron chi connectivity index (χ0n) is 12.3. The van der Waals surface area contributed by atoms with Gasteiger partial charge in [0.1, 0.15) is 5.82 Å². The van der Waals surface area contributed by atoms with Gasteiger partial charge in [-0.25, -0.2) is 9.18 Å². The third-order valence-corrected chi connectivity index (χ3v) is 4.07. The molecular formula is C16H23FN2O2. The third kappa shape index (κ3) is 4.70. The lowest BCUT2D eigenvalue weighted by Crippen LogP contribution is -2.44. The first-order valence-corrected chi connectivity index (χ1v) is 7.53. The SMILES string of the molecule is CC1CCC(NC(=O)NCC(O)c2ccccc2F)CC1. The predicted molar refractivity (Wildman–Crippen MR) is 79.3 cm³/mol. The average molecular weight is 294 g/mol. The number of nitrogens with one attached hydrogen (secondary N) is 2. The number of carbonyl (C=O) groups is 1. The highest BCUT2D eigenvalue weighted by molar-refractivity contribution is 5.74. The summed E-state index contributed by atoms with van der Waals surface area (Å²) >= 11 is 0. The quantitative estimate of drug-likeness (QED) is 0.799. The maximum Gasteiger partial charge on any atom is 0.315 e. The van der Waals surface area contributed by atoms with Gasteiger partial charge >= 0.3 is 6.03 Å². The van der Waals surface area contributed by atoms with Crippen molar-refractivity contribution in [1.82, 2.24) is 10.6 Å². The van der Waals surface area contributed by atoms with E-state index >= 15 is 0 Å². The maximum absolute atomic E-state index is 13.5. The highest BCUT2D eigenvalue weighted by atomic mass is 19.1. The summed E-state index contributed by atoms with van der Waals surface area (Å²) in [7, 11) is 0. The molecule has 4 nitrogen and oxygen atoms in total. The van der Waals surface area contributed by atoms with E-state index in [0.717, 1.165) is 31.6 Å². The van der Waals surface area contributed by atoms with Crippen LogP contribution in [-0.2, 0) is 0 Å². The minimum atomic E-state index is -1.04. The second-order valence-electron chi connectivity index (χ2n) is 5.85. The fourth-order valence-electron chi connectivity index (χ4n) is 2.69. The lowest BCUT2D eigenvalue weighted by Gasteiger charge is -2.27. The first-order valence-electron chi connectivity index (χ1n) is 7.53. The molecule has 0 aliphatic heterocycles. The number of carbonyl (C=O) groups excluding carboxylic acids is 1. The van der Waals surface area contributed by atoms with E-state index in [9.17, 15) is 14.3 Å². The Bertz CT molecular complexity index is 473. The van der Waals surface area contributed by atoms with Crippen molar-refractivity contribution in [2.45, 2.75) is 44.8 Å². The van der Waals surface area contributed by atoms with Gasteiger partial charge in [0.05, 0.1) is 6.10 Å². The molecule has 1 unspecified atom stereocenters. The van der Waals surface area contributed by atoms with E-state index < -0.39 is 11.9 Å². The number of aliphatic hydroxyl groups excluding tert-OH is 1. The summed E-state index contributed by atoms with van der Waals surface area (Å²) in [5.41, 5.74) is 0.198. The molecule has 0 saturated heterocycles. The molecule has 0 bridgehead atoms. The molecular weight excluding hydrogens is 271 g/mol. The van der Waals surface area contributed by atoms with E-state index in [2.05, 4.69) is 17.6 Å². The first kappa shape index (κ1) is 15.8. The number of hydrogen-bond acceptors (Lipinski definition) is 2. The fraction of sp³-hybridized carbons (Fsp3) is 0.562. The van der Waals surface area contributed by atoms with Gasteiger partial charge in [-0.05, 0) is 37.7 Å². The normalized spacial score (nSPS) is 23.4. The highest BCUT2D eigenvalue weighted by Gasteiger charge is 2.20. The summed E-state index contributed by atoms with van der Waals surface area (Å²) < 4.78 is 13.5. The highest BCUT2D eigenvalue weighted by Crippen LogP contribution is 2.23. The number of urea groups is 1. The van der Waals surface area contributed by atoms with Crippen LogP contribution in [0.15, 0.2) is 24.3 Å². The first-order chi connectivity index (χ1) is 10.1. The predicted octanol–water partition coefficient (Wildman–Crippen LogP) is 2.74. The van der Waals surface area contributed by atoms with E-state index in [0.29, 0.717) is 0 Å². The van der Waals surface area contributed by atoms with Gasteiger partial charge in [0.15, 0.2) is 0 Å². The van der Waals surface area contributed by atoms with Crippen molar-refractivity contribution < 1.29 is 14.3 Å². The summed E-state index contributed by atoms with van der Waals surface area (Å²) in [6.45, 7) is 2.22. The van der Waals surface area contributed by atoms with Crippen molar-refractivity contribution in [3.63, 3.8) is 0 Å². The van der Waals surface area contributed by atoms with Crippen LogP contribution in [0.2, 0.25) is 0 Å². The van der Waals surface area contributed by atoms with Crippen LogP contribution in [-0.4, -0.2) is 23.7 Å². The standard InChI is InChI=1S/C16H23FN2O2/c1-11-6-8-12(9-7-11)19-16(21)18-10-15(20)13-4-2-3-5-14(13)17/h2-5,11-12,15,20H,6-10H2,1H3,(H2,18,19,21). The van der Waals surface area contributed by atoms with Crippen LogP contribution in [0.1, 0.15) is 44.3 Å². The van der Waals surface area contributed by atoms with Gasteiger partial charge in [-0.3, -0.25) is 0 Å². The molecule has 1 saturated carbocycles. The number of benzene rings is 1. The van der Waals surface area contributed by atoms with Crippen molar-refractivity contribution >= 4 is 6.03 Å². The largest absolute Gasteiger partial charge is 0.386 e. The molecule has 0 aromatic heterocycles. The van der Waals surface area contributed by atoms with Gasteiger partial charge in [-0.15, -0.1) is 0 Å². The number of rotatable bonds is 4. The van der Waals surface area contributed by atoms with E-state index in [1.165, 1.54) is 12.1 Å². The van der Waals surface area contributed by atoms with Gasteiger partial charge in [0.25, 0.3) is 0 Å². The van der Waals surface area contributed by atoms with Gasteiger partial charge < -0.3 is 15.7 Å². The Morgan fingerprint density at radius 3 is 2.67 bits per heavy atom. The van der Waals surface area contributed by atoms with Crippen molar-refractivity contribution in [3.05, 3.63) is 35.6 Å². The molecule has 1 aromatic carbocycles. The molecule has 1 fully saturated rings. The summed E-state index contributed by atoms with van der Waals surface area (Å²) in [4.78, 5) is 11.8. The van der Waals surface area contributed by atoms with Gasteiger partial charge in [-0.2, -0.15) is 0 Å². The van der Waals surface area contributed by atoms with Gasteiger partial charge in [0, 0.05) is 18.2 Å². The van der Waals surface area contributed by atoms with E-state index in [1.54, 1.807) is 12.1 Å². The Balaban J connectivity index is 1.75. The second-order valence-corrected chi connectivity index (χ2v) is 5.85. The van der Waals surface area contributed by atoms with Crippen LogP contribution in [0.3, 0.4) is 0 Å². The number of amides is 2. The third-order valence-electron chi connectivity index (χ3n) is 4.07. The van der Waals surface area contributed by atoms with Crippen molar-refractivity contribution in [2.75, 3.05) is 6.54 Å². The Morgan fingerprint density at radius 1 is 1.33 bits per heavy atom. The van der Waals surface area contributed by atoms with E-state index in [-0.39, 0.29) is 24.2 Å². The van der Waals surface area contributed by atoms with E-state index in [4.69, 9.17) is 0 Å². The molecule has 5 heteroatoms. The van der Waals surface area contributed by atoms with Crippen LogP contribution >= 0.6 is 0 Å². The molecule has 0 heterocycles. The maximum atomic E-state index is 13.5. The molecule has 1 aliphatic carbocycles. The minimum absolute atomic E-state index is 0.00408. The minimum Gasteiger partial charge on any atom is -0.386 e. The van der Waals surface area contributed by atoms with Crippen molar-refractivity contribution in [1.29, 1.82) is 0 Å². The monoisotopic (exact) mass is 294 g/mol. The molecule has 21 heavy (non-hydrogen) atoms. The van der Waals surface area contributed by atoms with Crippen LogP contribution in [0.4, 0.5) is 9.18 Å². The van der Waals surface area contributed by atoms with Crippen LogP contribution in [0.25, 0.3) is 0 Å². The smallest absolute Gasteiger partial charge is 0.315 e. The van der Waals surface area contributed by atoms with E-state index in [1.807, 2.05) is 0 Å². The van der Waals surface area contributed by atoms with Crippen molar-refractivity contribution in [3.8, 4) is 0 Å². The summed E-state index contributed by atoms with van der Waals surface area (Å²) in [6.07, 6.45) is 3.20. The molecule has 2 amide bonds. The number of halogens is 1. The van der Waals surface area contributed by atoms with Crippen LogP contribution in [0, 0.1) is 11.7 Å². The summed E-state index contributed by atoms with van der Waals surface area (Å²) in [5, 5.41) is 15.4. The molecule has 3 N–H and O–H groups in total. The van der Waals surface area contributed by atoms with Gasteiger partial charge in [0.2, 0.25) is 0 Å². The number of hydrogen-bond donors (Lipinski definition) is 3. The van der Waals surface area contributed by atoms with Crippen LogP contribution in [0.5, 0.6) is 0 Å². The lowest BCUT2D eigenvalue weighted by molar-refractivity contribution is 0.167. The summed E-state index contributed by atoms with van der Waals surface area (Å²) in [6, 6.07) is 5.93. The molecule has 1 aliphatic rings. The van der Waals surface area contributed by atoms with Crippen molar-refractivity contribution in [2.24, 2.45) is 5.92 Å². The number of aliphatic hydroxyl groups is 1. The molecule has 1 aromatic rings. The Kier molecular flexibility index (Phi) is 5.56. The van der Waals surface area contributed by atoms with Crippen LogP contribution < -0.4 is 10.6 Å². The molecule has 0 radical (unpaired) electrons. The Hall–Kier alpha value is -1.62. The Labute approximate surface area is 124 Å². The van der Waals surface area contributed by atoms with Gasteiger partial charge in [-0.1, -0.05) is 25.1 Å².